The Morgan fingerprint density at radius 1 is 0.742 bits per heavy atom. The van der Waals surface area contributed by atoms with Gasteiger partial charge in [-0.25, -0.2) is 4.79 Å². The molecule has 1 N–H and O–H groups in total. The average Bonchev–Trinajstić information content (AvgIpc) is 2.96. The van der Waals surface area contributed by atoms with Gasteiger partial charge in [0.25, 0.3) is 0 Å². The number of amides is 1. The molecule has 0 heterocycles. The van der Waals surface area contributed by atoms with Gasteiger partial charge in [0.2, 0.25) is 0 Å². The normalized spacial score (nSPS) is 16.6. The summed E-state index contributed by atoms with van der Waals surface area (Å²) in [6.45, 7) is 11.3. The minimum absolute atomic E-state index is 0.268. The third kappa shape index (κ3) is 15.6. The first-order valence-corrected chi connectivity index (χ1v) is 12.4. The van der Waals surface area contributed by atoms with Crippen LogP contribution < -0.4 is 5.32 Å². The molecule has 1 saturated carbocycles. The van der Waals surface area contributed by atoms with Crippen molar-refractivity contribution in [1.82, 2.24) is 5.32 Å². The lowest BCUT2D eigenvalue weighted by Gasteiger charge is -2.15. The molecule has 1 fully saturated rings. The van der Waals surface area contributed by atoms with E-state index in [2.05, 4.69) is 58.2 Å². The van der Waals surface area contributed by atoms with Crippen LogP contribution in [0, 0.1) is 0 Å². The van der Waals surface area contributed by atoms with Gasteiger partial charge in [-0.2, -0.15) is 0 Å². The Morgan fingerprint density at radius 3 is 1.74 bits per heavy atom. The number of allylic oxidation sites excluding steroid dienone is 7. The third-order valence-corrected chi connectivity index (χ3v) is 5.98. The second kappa shape index (κ2) is 16.9. The van der Waals surface area contributed by atoms with Gasteiger partial charge in [-0.1, -0.05) is 66.2 Å². The van der Waals surface area contributed by atoms with Gasteiger partial charge in [-0.15, -0.1) is 0 Å². The molecule has 0 saturated heterocycles. The lowest BCUT2D eigenvalue weighted by Crippen LogP contribution is -2.34. The van der Waals surface area contributed by atoms with Crippen LogP contribution in [0.3, 0.4) is 0 Å². The van der Waals surface area contributed by atoms with Gasteiger partial charge in [-0.3, -0.25) is 0 Å². The van der Waals surface area contributed by atoms with Crippen LogP contribution in [0.25, 0.3) is 0 Å². The van der Waals surface area contributed by atoms with Crippen LogP contribution in [0.2, 0.25) is 0 Å². The molecule has 176 valence electrons. The Morgan fingerprint density at radius 2 is 1.23 bits per heavy atom. The molecular weight excluding hydrogens is 382 g/mol. The van der Waals surface area contributed by atoms with Gasteiger partial charge >= 0.3 is 6.09 Å². The van der Waals surface area contributed by atoms with Gasteiger partial charge in [0.15, 0.2) is 0 Å². The number of carbonyl (C=O) groups is 1. The van der Waals surface area contributed by atoms with Crippen molar-refractivity contribution >= 4 is 6.09 Å². The fourth-order valence-electron chi connectivity index (χ4n) is 3.88. The highest BCUT2D eigenvalue weighted by Gasteiger charge is 2.14. The lowest BCUT2D eigenvalue weighted by molar-refractivity contribution is 0.152. The largest absolute Gasteiger partial charge is 0.445 e. The van der Waals surface area contributed by atoms with Gasteiger partial charge < -0.3 is 10.1 Å². The second-order valence-corrected chi connectivity index (χ2v) is 9.48. The summed E-state index contributed by atoms with van der Waals surface area (Å²) in [5.74, 6) is 0. The summed E-state index contributed by atoms with van der Waals surface area (Å²) in [4.78, 5) is 12.0. The van der Waals surface area contributed by atoms with Gasteiger partial charge in [0.1, 0.15) is 6.61 Å². The number of hydrogen-bond donors (Lipinski definition) is 1. The smallest absolute Gasteiger partial charge is 0.407 e. The molecule has 1 amide bonds. The summed E-state index contributed by atoms with van der Waals surface area (Å²) in [5.41, 5.74) is 5.63. The molecule has 0 bridgehead atoms. The van der Waals surface area contributed by atoms with Crippen LogP contribution in [0.15, 0.2) is 46.6 Å². The Labute approximate surface area is 192 Å². The van der Waals surface area contributed by atoms with E-state index in [0.717, 1.165) is 44.9 Å². The van der Waals surface area contributed by atoms with E-state index in [1.807, 2.05) is 6.08 Å². The zero-order valence-corrected chi connectivity index (χ0v) is 20.9. The molecule has 0 aromatic rings. The molecule has 1 aliphatic carbocycles. The van der Waals surface area contributed by atoms with Crippen LogP contribution in [0.4, 0.5) is 4.79 Å². The van der Waals surface area contributed by atoms with Crippen LogP contribution in [0.5, 0.6) is 0 Å². The van der Waals surface area contributed by atoms with Crippen LogP contribution in [-0.4, -0.2) is 18.7 Å². The van der Waals surface area contributed by atoms with Gasteiger partial charge in [-0.05, 0) is 92.1 Å². The summed E-state index contributed by atoms with van der Waals surface area (Å²) >= 11 is 0. The molecule has 1 aliphatic rings. The first-order valence-electron chi connectivity index (χ1n) is 12.4. The molecule has 1 rings (SSSR count). The zero-order valence-electron chi connectivity index (χ0n) is 20.9. The summed E-state index contributed by atoms with van der Waals surface area (Å²) in [6.07, 6.45) is 22.6. The number of alkyl carbamates (subject to hydrolysis) is 1. The molecule has 0 atom stereocenters. The van der Waals surface area contributed by atoms with E-state index >= 15 is 0 Å². The van der Waals surface area contributed by atoms with Crippen molar-refractivity contribution in [3.05, 3.63) is 46.6 Å². The number of rotatable bonds is 12. The van der Waals surface area contributed by atoms with E-state index in [4.69, 9.17) is 4.74 Å². The predicted molar refractivity (Wildman–Crippen MR) is 134 cm³/mol. The first-order chi connectivity index (χ1) is 14.9. The highest BCUT2D eigenvalue weighted by atomic mass is 16.5. The van der Waals surface area contributed by atoms with Crippen molar-refractivity contribution in [2.45, 2.75) is 118 Å². The maximum Gasteiger partial charge on any atom is 0.407 e. The number of carbonyl (C=O) groups excluding carboxylic acids is 1. The molecule has 0 spiro atoms. The van der Waals surface area contributed by atoms with Gasteiger partial charge in [0, 0.05) is 6.04 Å². The number of nitrogens with one attached hydrogen (secondary N) is 1. The van der Waals surface area contributed by atoms with Crippen LogP contribution in [-0.2, 0) is 4.74 Å². The maximum absolute atomic E-state index is 12.0. The molecule has 31 heavy (non-hydrogen) atoms. The Balaban J connectivity index is 2.18. The zero-order chi connectivity index (χ0) is 22.9. The molecule has 0 aromatic carbocycles. The summed E-state index contributed by atoms with van der Waals surface area (Å²) < 4.78 is 5.35. The van der Waals surface area contributed by atoms with E-state index in [1.165, 1.54) is 54.4 Å². The molecule has 0 unspecified atom stereocenters. The Kier molecular flexibility index (Phi) is 14.8. The number of ether oxygens (including phenoxy) is 1. The first kappa shape index (κ1) is 27.3. The fourth-order valence-corrected chi connectivity index (χ4v) is 3.88. The SMILES string of the molecule is CC(C)=CCC/C(C)=C/CC/C(C)=C/CC/C(C)=C/COC(=O)NC1CCCCCC1. The topological polar surface area (TPSA) is 38.3 Å². The monoisotopic (exact) mass is 429 g/mol. The molecule has 3 nitrogen and oxygen atoms in total. The van der Waals surface area contributed by atoms with Crippen molar-refractivity contribution in [2.75, 3.05) is 6.61 Å². The van der Waals surface area contributed by atoms with E-state index in [1.54, 1.807) is 0 Å². The highest BCUT2D eigenvalue weighted by molar-refractivity contribution is 5.67. The van der Waals surface area contributed by atoms with E-state index in [-0.39, 0.29) is 6.09 Å². The van der Waals surface area contributed by atoms with E-state index in [0.29, 0.717) is 12.6 Å². The molecule has 0 radical (unpaired) electrons. The van der Waals surface area contributed by atoms with E-state index < -0.39 is 0 Å². The van der Waals surface area contributed by atoms with Gasteiger partial charge in [0.05, 0.1) is 0 Å². The average molecular weight is 430 g/mol. The minimum Gasteiger partial charge on any atom is -0.445 e. The third-order valence-electron chi connectivity index (χ3n) is 5.98. The van der Waals surface area contributed by atoms with Crippen molar-refractivity contribution in [2.24, 2.45) is 0 Å². The standard InChI is InChI=1S/C28H47NO2/c1-23(2)13-10-14-24(3)15-11-16-25(4)17-12-18-26(5)21-22-31-28(30)29-27-19-8-6-7-9-20-27/h13,15,17,21,27H,6-12,14,16,18-20,22H2,1-5H3,(H,29,30)/b24-15+,25-17+,26-21+. The molecule has 3 heteroatoms. The second-order valence-electron chi connectivity index (χ2n) is 9.48. The van der Waals surface area contributed by atoms with Crippen molar-refractivity contribution in [1.29, 1.82) is 0 Å². The van der Waals surface area contributed by atoms with Crippen molar-refractivity contribution in [3.63, 3.8) is 0 Å². The Bertz CT molecular complexity index is 627. The fraction of sp³-hybridized carbons (Fsp3) is 0.679. The molecular formula is C28H47NO2. The molecule has 0 aliphatic heterocycles. The highest BCUT2D eigenvalue weighted by Crippen LogP contribution is 2.17. The van der Waals surface area contributed by atoms with Crippen LogP contribution in [0.1, 0.15) is 112 Å². The molecule has 0 aromatic heterocycles. The predicted octanol–water partition coefficient (Wildman–Crippen LogP) is 8.58. The summed E-state index contributed by atoms with van der Waals surface area (Å²) in [5, 5.41) is 3.03. The maximum atomic E-state index is 12.0. The lowest BCUT2D eigenvalue weighted by atomic mass is 10.0. The number of hydrogen-bond acceptors (Lipinski definition) is 2. The van der Waals surface area contributed by atoms with Crippen LogP contribution >= 0.6 is 0 Å². The van der Waals surface area contributed by atoms with Crippen molar-refractivity contribution < 1.29 is 9.53 Å². The summed E-state index contributed by atoms with van der Waals surface area (Å²) in [7, 11) is 0. The summed E-state index contributed by atoms with van der Waals surface area (Å²) in [6, 6.07) is 0.296. The minimum atomic E-state index is -0.268. The quantitative estimate of drug-likeness (QED) is 0.249. The van der Waals surface area contributed by atoms with Crippen molar-refractivity contribution in [3.8, 4) is 0 Å². The van der Waals surface area contributed by atoms with E-state index in [9.17, 15) is 4.79 Å². The Hall–Kier alpha value is -1.77.